The van der Waals surface area contributed by atoms with Crippen molar-refractivity contribution in [2.24, 2.45) is 11.5 Å². The molecule has 7 heteroatoms. The molecule has 1 atom stereocenters. The summed E-state index contributed by atoms with van der Waals surface area (Å²) < 4.78 is 58.1. The number of hydrogen-bond acceptors (Lipinski definition) is 2. The summed E-state index contributed by atoms with van der Waals surface area (Å²) in [4.78, 5) is 0. The van der Waals surface area contributed by atoms with Crippen molar-refractivity contribution in [3.63, 3.8) is 0 Å². The summed E-state index contributed by atoms with van der Waals surface area (Å²) in [6, 6.07) is -2.37. The monoisotopic (exact) mass is 178 g/mol. The number of alkyl halides is 5. The highest BCUT2D eigenvalue weighted by Crippen LogP contribution is 2.36. The molecule has 0 aliphatic rings. The van der Waals surface area contributed by atoms with Gasteiger partial charge in [-0.15, -0.1) is 0 Å². The Morgan fingerprint density at radius 3 is 1.55 bits per heavy atom. The van der Waals surface area contributed by atoms with E-state index in [-0.39, 0.29) is 0 Å². The van der Waals surface area contributed by atoms with Gasteiger partial charge in [0.05, 0.1) is 6.04 Å². The van der Waals surface area contributed by atoms with Gasteiger partial charge in [-0.1, -0.05) is 0 Å². The molecular weight excluding hydrogens is 171 g/mol. The SMILES string of the molecule is NCC(N)C(F)(F)C(F)(F)F. The van der Waals surface area contributed by atoms with Gasteiger partial charge in [0.1, 0.15) is 0 Å². The zero-order chi connectivity index (χ0) is 9.28. The van der Waals surface area contributed by atoms with Gasteiger partial charge in [0.25, 0.3) is 0 Å². The zero-order valence-corrected chi connectivity index (χ0v) is 5.33. The number of nitrogens with two attached hydrogens (primary N) is 2. The molecule has 0 bridgehead atoms. The molecule has 0 radical (unpaired) electrons. The van der Waals surface area contributed by atoms with Crippen molar-refractivity contribution in [3.05, 3.63) is 0 Å². The maximum Gasteiger partial charge on any atom is 0.454 e. The summed E-state index contributed by atoms with van der Waals surface area (Å²) in [7, 11) is 0. The normalized spacial score (nSPS) is 16.6. The van der Waals surface area contributed by atoms with Crippen LogP contribution in [-0.2, 0) is 0 Å². The summed E-state index contributed by atoms with van der Waals surface area (Å²) in [5, 5.41) is 0. The van der Waals surface area contributed by atoms with E-state index in [4.69, 9.17) is 0 Å². The number of rotatable bonds is 2. The highest BCUT2D eigenvalue weighted by atomic mass is 19.4. The lowest BCUT2D eigenvalue weighted by Crippen LogP contribution is -2.54. The van der Waals surface area contributed by atoms with E-state index in [1.165, 1.54) is 0 Å². The van der Waals surface area contributed by atoms with E-state index in [9.17, 15) is 22.0 Å². The number of halogens is 5. The minimum Gasteiger partial charge on any atom is -0.329 e. The van der Waals surface area contributed by atoms with Gasteiger partial charge in [-0.3, -0.25) is 0 Å². The van der Waals surface area contributed by atoms with Crippen molar-refractivity contribution in [2.45, 2.75) is 18.1 Å². The van der Waals surface area contributed by atoms with Crippen LogP contribution >= 0.6 is 0 Å². The molecule has 1 unspecified atom stereocenters. The van der Waals surface area contributed by atoms with Gasteiger partial charge < -0.3 is 11.5 Å². The van der Waals surface area contributed by atoms with Crippen LogP contribution in [0, 0.1) is 0 Å². The van der Waals surface area contributed by atoms with Crippen molar-refractivity contribution in [3.8, 4) is 0 Å². The van der Waals surface area contributed by atoms with Crippen molar-refractivity contribution in [2.75, 3.05) is 6.54 Å². The topological polar surface area (TPSA) is 52.0 Å². The van der Waals surface area contributed by atoms with Crippen LogP contribution in [0.15, 0.2) is 0 Å². The maximum atomic E-state index is 12.0. The molecule has 0 aliphatic carbocycles. The van der Waals surface area contributed by atoms with Gasteiger partial charge in [0.2, 0.25) is 0 Å². The molecule has 11 heavy (non-hydrogen) atoms. The zero-order valence-electron chi connectivity index (χ0n) is 5.33. The Hall–Kier alpha value is -0.430. The van der Waals surface area contributed by atoms with E-state index >= 15 is 0 Å². The van der Waals surface area contributed by atoms with E-state index in [0.29, 0.717) is 0 Å². The first-order valence-electron chi connectivity index (χ1n) is 2.63. The van der Waals surface area contributed by atoms with E-state index in [1.807, 2.05) is 0 Å². The molecule has 0 amide bonds. The van der Waals surface area contributed by atoms with Crippen LogP contribution in [0.4, 0.5) is 22.0 Å². The van der Waals surface area contributed by atoms with Gasteiger partial charge >= 0.3 is 12.1 Å². The van der Waals surface area contributed by atoms with E-state index in [2.05, 4.69) is 11.5 Å². The minimum absolute atomic E-state index is 0.910. The second kappa shape index (κ2) is 2.90. The summed E-state index contributed by atoms with van der Waals surface area (Å²) in [5.41, 5.74) is 8.99. The fourth-order valence-corrected chi connectivity index (χ4v) is 0.358. The first-order valence-corrected chi connectivity index (χ1v) is 2.63. The third kappa shape index (κ3) is 2.00. The lowest BCUT2D eigenvalue weighted by Gasteiger charge is -2.24. The highest BCUT2D eigenvalue weighted by Gasteiger charge is 2.60. The largest absolute Gasteiger partial charge is 0.454 e. The van der Waals surface area contributed by atoms with Gasteiger partial charge in [0.15, 0.2) is 0 Å². The van der Waals surface area contributed by atoms with Crippen LogP contribution in [0.25, 0.3) is 0 Å². The summed E-state index contributed by atoms with van der Waals surface area (Å²) in [6.45, 7) is -0.910. The Morgan fingerprint density at radius 1 is 1.09 bits per heavy atom. The molecule has 0 aromatic heterocycles. The molecule has 0 rings (SSSR count). The molecule has 0 aromatic carbocycles. The minimum atomic E-state index is -5.62. The molecule has 4 N–H and O–H groups in total. The fourth-order valence-electron chi connectivity index (χ4n) is 0.358. The van der Waals surface area contributed by atoms with Crippen LogP contribution in [0.1, 0.15) is 0 Å². The van der Waals surface area contributed by atoms with Crippen molar-refractivity contribution in [1.82, 2.24) is 0 Å². The first kappa shape index (κ1) is 10.6. The average Bonchev–Trinajstić information content (AvgIpc) is 1.83. The molecule has 68 valence electrons. The highest BCUT2D eigenvalue weighted by molar-refractivity contribution is 4.87. The van der Waals surface area contributed by atoms with Gasteiger partial charge in [-0.2, -0.15) is 22.0 Å². The summed E-state index contributed by atoms with van der Waals surface area (Å²) in [5.74, 6) is -4.90. The Bertz CT molecular complexity index is 131. The summed E-state index contributed by atoms with van der Waals surface area (Å²) in [6.07, 6.45) is -5.62. The van der Waals surface area contributed by atoms with Crippen LogP contribution < -0.4 is 11.5 Å². The second-order valence-corrected chi connectivity index (χ2v) is 1.96. The standard InChI is InChI=1S/C4H7F5N2/c5-3(6,2(11)1-10)4(7,8)9/h2H,1,10-11H2. The van der Waals surface area contributed by atoms with Crippen LogP contribution in [0.2, 0.25) is 0 Å². The molecule has 2 nitrogen and oxygen atoms in total. The molecule has 0 spiro atoms. The molecule has 0 fully saturated rings. The van der Waals surface area contributed by atoms with E-state index in [1.54, 1.807) is 0 Å². The Labute approximate surface area is 59.3 Å². The van der Waals surface area contributed by atoms with Gasteiger partial charge in [-0.05, 0) is 0 Å². The van der Waals surface area contributed by atoms with E-state index in [0.717, 1.165) is 0 Å². The first-order chi connectivity index (χ1) is 4.73. The third-order valence-corrected chi connectivity index (χ3v) is 1.10. The van der Waals surface area contributed by atoms with Crippen LogP contribution in [0.5, 0.6) is 0 Å². The van der Waals surface area contributed by atoms with Crippen molar-refractivity contribution < 1.29 is 22.0 Å². The van der Waals surface area contributed by atoms with Gasteiger partial charge in [0, 0.05) is 6.54 Å². The van der Waals surface area contributed by atoms with Crippen LogP contribution in [0.3, 0.4) is 0 Å². The van der Waals surface area contributed by atoms with E-state index < -0.39 is 24.7 Å². The Morgan fingerprint density at radius 2 is 1.45 bits per heavy atom. The fraction of sp³-hybridized carbons (Fsp3) is 1.00. The third-order valence-electron chi connectivity index (χ3n) is 1.10. The quantitative estimate of drug-likeness (QED) is 0.604. The van der Waals surface area contributed by atoms with Crippen molar-refractivity contribution >= 4 is 0 Å². The Balaban J connectivity index is 4.45. The average molecular weight is 178 g/mol. The molecule has 0 aromatic rings. The number of hydrogen-bond donors (Lipinski definition) is 2. The lowest BCUT2D eigenvalue weighted by atomic mass is 10.1. The van der Waals surface area contributed by atoms with Crippen LogP contribution in [-0.4, -0.2) is 24.7 Å². The maximum absolute atomic E-state index is 12.0. The van der Waals surface area contributed by atoms with Crippen molar-refractivity contribution in [1.29, 1.82) is 0 Å². The second-order valence-electron chi connectivity index (χ2n) is 1.96. The molecule has 0 aliphatic heterocycles. The Kier molecular flexibility index (Phi) is 2.79. The molecule has 0 saturated heterocycles. The predicted octanol–water partition coefficient (Wildman–Crippen LogP) is 0.470. The molecular formula is C4H7F5N2. The lowest BCUT2D eigenvalue weighted by molar-refractivity contribution is -0.288. The molecule has 0 saturated carbocycles. The van der Waals surface area contributed by atoms with Gasteiger partial charge in [-0.25, -0.2) is 0 Å². The predicted molar refractivity (Wildman–Crippen MR) is 28.0 cm³/mol. The summed E-state index contributed by atoms with van der Waals surface area (Å²) >= 11 is 0. The smallest absolute Gasteiger partial charge is 0.329 e. The molecule has 0 heterocycles.